The van der Waals surface area contributed by atoms with E-state index >= 15 is 0 Å². The molecule has 1 aromatic carbocycles. The molecule has 2 aromatic rings. The molecule has 3 heterocycles. The van der Waals surface area contributed by atoms with Gasteiger partial charge in [0.25, 0.3) is 0 Å². The quantitative estimate of drug-likeness (QED) is 0.740. The predicted octanol–water partition coefficient (Wildman–Crippen LogP) is 4.15. The average Bonchev–Trinajstić information content (AvgIpc) is 2.88. The Balaban J connectivity index is 1.82. The summed E-state index contributed by atoms with van der Waals surface area (Å²) in [6, 6.07) is 10.2. The molecule has 2 unspecified atom stereocenters. The van der Waals surface area contributed by atoms with E-state index in [1.807, 2.05) is 11.3 Å². The van der Waals surface area contributed by atoms with Crippen molar-refractivity contribution in [1.82, 2.24) is 4.90 Å². The van der Waals surface area contributed by atoms with Crippen LogP contribution in [0.2, 0.25) is 0 Å². The van der Waals surface area contributed by atoms with Crippen LogP contribution in [0.5, 0.6) is 0 Å². The maximum absolute atomic E-state index is 2.55. The molecule has 0 amide bonds. The normalized spacial score (nSPS) is 27.7. The SMILES string of the molecule is CN1C2C=C(c3csc4ccccc34)CC1CC2. The Morgan fingerprint density at radius 2 is 2.11 bits per heavy atom. The van der Waals surface area contributed by atoms with Crippen LogP contribution < -0.4 is 0 Å². The Morgan fingerprint density at radius 1 is 1.22 bits per heavy atom. The van der Waals surface area contributed by atoms with E-state index in [0.29, 0.717) is 6.04 Å². The molecule has 92 valence electrons. The van der Waals surface area contributed by atoms with Gasteiger partial charge in [-0.2, -0.15) is 0 Å². The molecule has 4 rings (SSSR count). The van der Waals surface area contributed by atoms with Crippen molar-refractivity contribution in [1.29, 1.82) is 0 Å². The monoisotopic (exact) mass is 255 g/mol. The molecule has 1 aromatic heterocycles. The van der Waals surface area contributed by atoms with Crippen molar-refractivity contribution in [2.24, 2.45) is 0 Å². The van der Waals surface area contributed by atoms with Crippen molar-refractivity contribution in [3.05, 3.63) is 41.3 Å². The fourth-order valence-electron chi connectivity index (χ4n) is 3.47. The molecule has 0 spiro atoms. The summed E-state index contributed by atoms with van der Waals surface area (Å²) in [5.41, 5.74) is 3.07. The van der Waals surface area contributed by atoms with Crippen molar-refractivity contribution >= 4 is 27.0 Å². The van der Waals surface area contributed by atoms with Crippen LogP contribution in [0.3, 0.4) is 0 Å². The first kappa shape index (κ1) is 10.8. The van der Waals surface area contributed by atoms with Gasteiger partial charge >= 0.3 is 0 Å². The first-order valence-electron chi connectivity index (χ1n) is 6.72. The van der Waals surface area contributed by atoms with Gasteiger partial charge in [-0.1, -0.05) is 24.3 Å². The number of thiophene rings is 1. The lowest BCUT2D eigenvalue weighted by Crippen LogP contribution is -2.34. The molecule has 1 fully saturated rings. The first-order valence-corrected chi connectivity index (χ1v) is 7.60. The van der Waals surface area contributed by atoms with Crippen molar-refractivity contribution in [2.45, 2.75) is 31.3 Å². The van der Waals surface area contributed by atoms with Crippen molar-refractivity contribution in [3.8, 4) is 0 Å². The van der Waals surface area contributed by atoms with Gasteiger partial charge in [0.2, 0.25) is 0 Å². The lowest BCUT2D eigenvalue weighted by molar-refractivity contribution is 0.264. The van der Waals surface area contributed by atoms with Gasteiger partial charge in [0.1, 0.15) is 0 Å². The Morgan fingerprint density at radius 3 is 3.00 bits per heavy atom. The van der Waals surface area contributed by atoms with Crippen LogP contribution in [0.1, 0.15) is 24.8 Å². The zero-order chi connectivity index (χ0) is 12.1. The zero-order valence-corrected chi connectivity index (χ0v) is 11.4. The smallest absolute Gasteiger partial charge is 0.0349 e. The van der Waals surface area contributed by atoms with Crippen LogP contribution >= 0.6 is 11.3 Å². The molecule has 1 nitrogen and oxygen atoms in total. The molecule has 18 heavy (non-hydrogen) atoms. The number of fused-ring (bicyclic) bond motifs is 3. The molecule has 1 saturated heterocycles. The third-order valence-corrected chi connectivity index (χ3v) is 5.53. The second-order valence-electron chi connectivity index (χ2n) is 5.51. The summed E-state index contributed by atoms with van der Waals surface area (Å²) in [6.07, 6.45) is 6.45. The molecule has 2 aliphatic heterocycles. The number of hydrogen-bond donors (Lipinski definition) is 0. The topological polar surface area (TPSA) is 3.24 Å². The highest BCUT2D eigenvalue weighted by Crippen LogP contribution is 2.40. The van der Waals surface area contributed by atoms with Gasteiger partial charge in [-0.15, -0.1) is 11.3 Å². The Kier molecular flexibility index (Phi) is 2.36. The summed E-state index contributed by atoms with van der Waals surface area (Å²) in [6.45, 7) is 0. The molecule has 0 saturated carbocycles. The Hall–Kier alpha value is -1.12. The highest BCUT2D eigenvalue weighted by molar-refractivity contribution is 7.17. The molecule has 2 bridgehead atoms. The van der Waals surface area contributed by atoms with Gasteiger partial charge in [0.05, 0.1) is 0 Å². The highest BCUT2D eigenvalue weighted by atomic mass is 32.1. The molecular weight excluding hydrogens is 238 g/mol. The lowest BCUT2D eigenvalue weighted by atomic mass is 9.95. The van der Waals surface area contributed by atoms with Crippen molar-refractivity contribution in [3.63, 3.8) is 0 Å². The third-order valence-electron chi connectivity index (χ3n) is 4.57. The van der Waals surface area contributed by atoms with E-state index in [2.05, 4.69) is 47.7 Å². The Bertz CT molecular complexity index is 625. The number of rotatable bonds is 1. The predicted molar refractivity (Wildman–Crippen MR) is 79.0 cm³/mol. The van der Waals surface area contributed by atoms with Crippen LogP contribution in [-0.4, -0.2) is 24.0 Å². The molecule has 2 atom stereocenters. The minimum Gasteiger partial charge on any atom is -0.297 e. The summed E-state index contributed by atoms with van der Waals surface area (Å²) in [7, 11) is 2.28. The molecule has 2 aliphatic rings. The lowest BCUT2D eigenvalue weighted by Gasteiger charge is -2.30. The number of hydrogen-bond acceptors (Lipinski definition) is 2. The molecule has 0 aliphatic carbocycles. The third kappa shape index (κ3) is 1.49. The molecule has 2 heteroatoms. The highest BCUT2D eigenvalue weighted by Gasteiger charge is 2.34. The van der Waals surface area contributed by atoms with E-state index in [1.165, 1.54) is 34.9 Å². The summed E-state index contributed by atoms with van der Waals surface area (Å²) in [5.74, 6) is 0. The van der Waals surface area contributed by atoms with Crippen LogP contribution in [0.25, 0.3) is 15.7 Å². The van der Waals surface area contributed by atoms with Gasteiger partial charge in [-0.05, 0) is 54.3 Å². The van der Waals surface area contributed by atoms with E-state index in [0.717, 1.165) is 6.04 Å². The fourth-order valence-corrected chi connectivity index (χ4v) is 4.45. The zero-order valence-electron chi connectivity index (χ0n) is 10.6. The van der Waals surface area contributed by atoms with Gasteiger partial charge in [0, 0.05) is 16.8 Å². The van der Waals surface area contributed by atoms with E-state index in [9.17, 15) is 0 Å². The number of likely N-dealkylation sites (N-methyl/N-ethyl adjacent to an activating group) is 1. The van der Waals surface area contributed by atoms with Gasteiger partial charge in [-0.3, -0.25) is 4.90 Å². The number of benzene rings is 1. The maximum atomic E-state index is 2.55. The first-order chi connectivity index (χ1) is 8.83. The minimum absolute atomic E-state index is 0.678. The van der Waals surface area contributed by atoms with Crippen LogP contribution in [0.4, 0.5) is 0 Å². The van der Waals surface area contributed by atoms with Gasteiger partial charge in [0.15, 0.2) is 0 Å². The summed E-state index contributed by atoms with van der Waals surface area (Å²) >= 11 is 1.88. The second-order valence-corrected chi connectivity index (χ2v) is 6.42. The minimum atomic E-state index is 0.678. The van der Waals surface area contributed by atoms with Crippen molar-refractivity contribution in [2.75, 3.05) is 7.05 Å². The average molecular weight is 255 g/mol. The summed E-state index contributed by atoms with van der Waals surface area (Å²) in [5, 5.41) is 3.79. The van der Waals surface area contributed by atoms with Crippen LogP contribution in [0, 0.1) is 0 Å². The largest absolute Gasteiger partial charge is 0.297 e. The summed E-state index contributed by atoms with van der Waals surface area (Å²) < 4.78 is 1.42. The van der Waals surface area contributed by atoms with Crippen LogP contribution in [0.15, 0.2) is 35.7 Å². The van der Waals surface area contributed by atoms with E-state index in [-0.39, 0.29) is 0 Å². The second kappa shape index (κ2) is 3.94. The maximum Gasteiger partial charge on any atom is 0.0349 e. The molecule has 0 N–H and O–H groups in total. The van der Waals surface area contributed by atoms with Crippen molar-refractivity contribution < 1.29 is 0 Å². The molecular formula is C16H17NS. The van der Waals surface area contributed by atoms with E-state index < -0.39 is 0 Å². The Labute approximate surface area is 112 Å². The van der Waals surface area contributed by atoms with Crippen LogP contribution in [-0.2, 0) is 0 Å². The number of nitrogens with zero attached hydrogens (tertiary/aromatic N) is 1. The van der Waals surface area contributed by atoms with E-state index in [1.54, 1.807) is 5.57 Å². The molecule has 0 radical (unpaired) electrons. The van der Waals surface area contributed by atoms with E-state index in [4.69, 9.17) is 0 Å². The van der Waals surface area contributed by atoms with Gasteiger partial charge < -0.3 is 0 Å². The fraction of sp³-hybridized carbons (Fsp3) is 0.375. The van der Waals surface area contributed by atoms with Gasteiger partial charge in [-0.25, -0.2) is 0 Å². The standard InChI is InChI=1S/C16H17NS/c1-17-12-6-7-13(17)9-11(8-12)15-10-18-16-5-3-2-4-14(15)16/h2-5,8,10,12-13H,6-7,9H2,1H3. The summed E-state index contributed by atoms with van der Waals surface area (Å²) in [4.78, 5) is 2.55.